The molecule has 0 spiro atoms. The maximum atomic E-state index is 13.7. The molecular formula is C25H24ClF4N3O. The molecule has 1 aliphatic heterocycles. The lowest BCUT2D eigenvalue weighted by molar-refractivity contribution is -0.138. The van der Waals surface area contributed by atoms with Crippen molar-refractivity contribution in [3.8, 4) is 6.07 Å². The minimum atomic E-state index is -4.72. The van der Waals surface area contributed by atoms with E-state index in [4.69, 9.17) is 11.6 Å². The predicted molar refractivity (Wildman–Crippen MR) is 121 cm³/mol. The van der Waals surface area contributed by atoms with Gasteiger partial charge in [0.05, 0.1) is 16.1 Å². The van der Waals surface area contributed by atoms with E-state index in [1.807, 2.05) is 6.07 Å². The van der Waals surface area contributed by atoms with Gasteiger partial charge in [-0.2, -0.15) is 18.4 Å². The van der Waals surface area contributed by atoms with Crippen molar-refractivity contribution >= 4 is 23.2 Å². The monoisotopic (exact) mass is 493 g/mol. The zero-order valence-corrected chi connectivity index (χ0v) is 19.2. The summed E-state index contributed by atoms with van der Waals surface area (Å²) in [6.07, 6.45) is -0.314. The zero-order chi connectivity index (χ0) is 24.5. The second-order valence-electron chi connectivity index (χ2n) is 8.91. The predicted octanol–water partition coefficient (Wildman–Crippen LogP) is 6.17. The first-order valence-corrected chi connectivity index (χ1v) is 11.7. The molecule has 0 N–H and O–H groups in total. The van der Waals surface area contributed by atoms with Crippen LogP contribution in [0, 0.1) is 23.1 Å². The highest BCUT2D eigenvalue weighted by atomic mass is 35.5. The van der Waals surface area contributed by atoms with Crippen molar-refractivity contribution in [2.24, 2.45) is 5.92 Å². The molecule has 0 radical (unpaired) electrons. The highest BCUT2D eigenvalue weighted by molar-refractivity contribution is 6.32. The summed E-state index contributed by atoms with van der Waals surface area (Å²) in [5, 5.41) is 9.39. The van der Waals surface area contributed by atoms with Crippen molar-refractivity contribution < 1.29 is 22.4 Å². The van der Waals surface area contributed by atoms with Crippen LogP contribution in [-0.2, 0) is 17.5 Å². The van der Waals surface area contributed by atoms with Gasteiger partial charge in [0, 0.05) is 37.3 Å². The van der Waals surface area contributed by atoms with Gasteiger partial charge in [-0.3, -0.25) is 4.79 Å². The third kappa shape index (κ3) is 5.15. The molecule has 34 heavy (non-hydrogen) atoms. The van der Waals surface area contributed by atoms with E-state index < -0.39 is 17.6 Å². The number of benzene rings is 2. The fraction of sp³-hybridized carbons (Fsp3) is 0.440. The highest BCUT2D eigenvalue weighted by Crippen LogP contribution is 2.36. The van der Waals surface area contributed by atoms with Gasteiger partial charge in [-0.15, -0.1) is 0 Å². The van der Waals surface area contributed by atoms with E-state index in [1.165, 1.54) is 6.07 Å². The summed E-state index contributed by atoms with van der Waals surface area (Å²) in [5.74, 6) is -0.834. The van der Waals surface area contributed by atoms with Crippen LogP contribution in [0.2, 0.25) is 5.02 Å². The number of hydrogen-bond acceptors (Lipinski definition) is 3. The van der Waals surface area contributed by atoms with Gasteiger partial charge in [0.25, 0.3) is 0 Å². The topological polar surface area (TPSA) is 47.3 Å². The van der Waals surface area contributed by atoms with Crippen LogP contribution in [0.1, 0.15) is 48.8 Å². The van der Waals surface area contributed by atoms with Gasteiger partial charge in [0.2, 0.25) is 5.91 Å². The number of anilines is 1. The van der Waals surface area contributed by atoms with Gasteiger partial charge in [-0.25, -0.2) is 4.39 Å². The molecule has 1 aliphatic carbocycles. The fourth-order valence-electron chi connectivity index (χ4n) is 4.97. The Morgan fingerprint density at radius 1 is 1.15 bits per heavy atom. The number of nitrogens with zero attached hydrogens (tertiary/aromatic N) is 3. The van der Waals surface area contributed by atoms with Crippen LogP contribution in [-0.4, -0.2) is 29.9 Å². The lowest BCUT2D eigenvalue weighted by Crippen LogP contribution is -2.40. The summed E-state index contributed by atoms with van der Waals surface area (Å²) >= 11 is 6.23. The molecular weight excluding hydrogens is 470 g/mol. The van der Waals surface area contributed by atoms with Crippen LogP contribution in [0.5, 0.6) is 0 Å². The number of hydrogen-bond donors (Lipinski definition) is 0. The van der Waals surface area contributed by atoms with Gasteiger partial charge < -0.3 is 9.80 Å². The van der Waals surface area contributed by atoms with Crippen LogP contribution < -0.4 is 4.90 Å². The van der Waals surface area contributed by atoms with Crippen molar-refractivity contribution in [3.05, 3.63) is 63.9 Å². The van der Waals surface area contributed by atoms with Crippen molar-refractivity contribution in [2.45, 2.75) is 50.9 Å². The van der Waals surface area contributed by atoms with E-state index in [-0.39, 0.29) is 40.6 Å². The zero-order valence-electron chi connectivity index (χ0n) is 18.4. The van der Waals surface area contributed by atoms with Crippen molar-refractivity contribution in [1.29, 1.82) is 5.26 Å². The third-order valence-corrected chi connectivity index (χ3v) is 7.06. The summed E-state index contributed by atoms with van der Waals surface area (Å²) in [7, 11) is 0. The second-order valence-corrected chi connectivity index (χ2v) is 9.32. The second kappa shape index (κ2) is 9.83. The molecule has 9 heteroatoms. The average molecular weight is 494 g/mol. The van der Waals surface area contributed by atoms with Gasteiger partial charge >= 0.3 is 6.18 Å². The molecule has 1 saturated carbocycles. The van der Waals surface area contributed by atoms with Crippen LogP contribution in [0.25, 0.3) is 0 Å². The van der Waals surface area contributed by atoms with Crippen molar-refractivity contribution in [3.63, 3.8) is 0 Å². The molecule has 1 heterocycles. The number of carbonyl (C=O) groups is 1. The Hall–Kier alpha value is -2.79. The number of rotatable bonds is 5. The molecule has 180 valence electrons. The summed E-state index contributed by atoms with van der Waals surface area (Å²) in [6, 6.07) is 9.11. The Bertz CT molecular complexity index is 1110. The van der Waals surface area contributed by atoms with E-state index in [9.17, 15) is 27.6 Å². The number of amides is 1. The largest absolute Gasteiger partial charge is 0.416 e. The molecule has 2 aliphatic rings. The summed E-state index contributed by atoms with van der Waals surface area (Å²) in [5.41, 5.74) is -0.307. The van der Waals surface area contributed by atoms with E-state index in [2.05, 4.69) is 0 Å². The molecule has 2 aromatic rings. The minimum absolute atomic E-state index is 0.0190. The van der Waals surface area contributed by atoms with Gasteiger partial charge in [-0.05, 0) is 55.2 Å². The Morgan fingerprint density at radius 2 is 1.88 bits per heavy atom. The molecule has 4 rings (SSSR count). The maximum Gasteiger partial charge on any atom is 0.416 e. The molecule has 4 nitrogen and oxygen atoms in total. The number of carbonyl (C=O) groups excluding carboxylic acids is 1. The highest BCUT2D eigenvalue weighted by Gasteiger charge is 2.37. The fourth-order valence-corrected chi connectivity index (χ4v) is 5.18. The molecule has 2 aromatic carbocycles. The molecule has 0 aromatic heterocycles. The lowest BCUT2D eigenvalue weighted by atomic mass is 10.0. The number of halogens is 5. The normalized spacial score (nSPS) is 18.8. The summed E-state index contributed by atoms with van der Waals surface area (Å²) in [4.78, 5) is 16.5. The number of alkyl halides is 3. The standard InChI is InChI=1S/C25H24ClF4N3O/c26-23-12-20(8-6-17(23)13-31)33(14-18-5-7-19(27)11-22(18)25(28,29)30)21-9-10-32(15-21)24(34)16-3-1-2-4-16/h5-8,11-12,16,21H,1-4,9-10,14-15H2/t21-/m0/s1. The first-order valence-electron chi connectivity index (χ1n) is 11.3. The van der Waals surface area contributed by atoms with E-state index in [1.54, 1.807) is 21.9 Å². The lowest BCUT2D eigenvalue weighted by Gasteiger charge is -2.33. The van der Waals surface area contributed by atoms with Crippen molar-refractivity contribution in [2.75, 3.05) is 18.0 Å². The Labute approximate surface area is 200 Å². The Morgan fingerprint density at radius 3 is 2.53 bits per heavy atom. The van der Waals surface area contributed by atoms with E-state index in [0.29, 0.717) is 31.3 Å². The molecule has 1 atom stereocenters. The maximum absolute atomic E-state index is 13.7. The van der Waals surface area contributed by atoms with Gasteiger partial charge in [0.15, 0.2) is 0 Å². The summed E-state index contributed by atoms with van der Waals surface area (Å²) < 4.78 is 54.7. The molecule has 0 bridgehead atoms. The average Bonchev–Trinajstić information content (AvgIpc) is 3.50. The number of likely N-dealkylation sites (tertiary alicyclic amines) is 1. The Kier molecular flexibility index (Phi) is 7.04. The minimum Gasteiger partial charge on any atom is -0.362 e. The van der Waals surface area contributed by atoms with Gasteiger partial charge in [-0.1, -0.05) is 30.5 Å². The first kappa shape index (κ1) is 24.3. The Balaban J connectivity index is 1.66. The van der Waals surface area contributed by atoms with Crippen molar-refractivity contribution in [1.82, 2.24) is 4.90 Å². The van der Waals surface area contributed by atoms with Crippen LogP contribution in [0.4, 0.5) is 23.2 Å². The molecule has 2 fully saturated rings. The van der Waals surface area contributed by atoms with Gasteiger partial charge in [0.1, 0.15) is 11.9 Å². The quantitative estimate of drug-likeness (QED) is 0.468. The molecule has 0 unspecified atom stereocenters. The smallest absolute Gasteiger partial charge is 0.362 e. The molecule has 1 amide bonds. The van der Waals surface area contributed by atoms with E-state index in [0.717, 1.165) is 37.8 Å². The SMILES string of the molecule is N#Cc1ccc(N(Cc2ccc(F)cc2C(F)(F)F)[C@H]2CCN(C(=O)C3CCCC3)C2)cc1Cl. The third-order valence-electron chi connectivity index (χ3n) is 6.74. The first-order chi connectivity index (χ1) is 16.2. The van der Waals surface area contributed by atoms with Crippen LogP contribution in [0.15, 0.2) is 36.4 Å². The van der Waals surface area contributed by atoms with Crippen LogP contribution in [0.3, 0.4) is 0 Å². The summed E-state index contributed by atoms with van der Waals surface area (Å²) in [6.45, 7) is 0.763. The van der Waals surface area contributed by atoms with E-state index >= 15 is 0 Å². The molecule has 1 saturated heterocycles. The number of nitriles is 1. The van der Waals surface area contributed by atoms with Crippen LogP contribution >= 0.6 is 11.6 Å².